The van der Waals surface area contributed by atoms with Crippen LogP contribution in [0.5, 0.6) is 5.88 Å². The van der Waals surface area contributed by atoms with Gasteiger partial charge in [-0.25, -0.2) is 4.98 Å². The number of methoxy groups -OCH3 is 1. The maximum atomic E-state index is 10.9. The van der Waals surface area contributed by atoms with Crippen molar-refractivity contribution < 1.29 is 9.84 Å². The lowest BCUT2D eigenvalue weighted by Crippen LogP contribution is -2.41. The Labute approximate surface area is 195 Å². The van der Waals surface area contributed by atoms with Crippen molar-refractivity contribution in [3.63, 3.8) is 0 Å². The second kappa shape index (κ2) is 8.65. The molecule has 6 heteroatoms. The van der Waals surface area contributed by atoms with Gasteiger partial charge < -0.3 is 19.3 Å². The van der Waals surface area contributed by atoms with E-state index in [1.54, 1.807) is 7.11 Å². The smallest absolute Gasteiger partial charge is 0.200 e. The van der Waals surface area contributed by atoms with E-state index in [4.69, 9.17) is 4.74 Å². The lowest BCUT2D eigenvalue weighted by atomic mass is 9.91. The molecule has 2 fully saturated rings. The zero-order chi connectivity index (χ0) is 22.4. The topological polar surface area (TPSA) is 53.8 Å². The third kappa shape index (κ3) is 4.00. The highest BCUT2D eigenvalue weighted by Gasteiger charge is 2.26. The van der Waals surface area contributed by atoms with E-state index in [-0.39, 0.29) is 6.10 Å². The van der Waals surface area contributed by atoms with Gasteiger partial charge in [0, 0.05) is 57.1 Å². The van der Waals surface area contributed by atoms with E-state index in [2.05, 4.69) is 45.2 Å². The maximum Gasteiger partial charge on any atom is 0.200 e. The van der Waals surface area contributed by atoms with Gasteiger partial charge in [0.2, 0.25) is 5.88 Å². The average Bonchev–Trinajstić information content (AvgIpc) is 3.33. The second-order valence-electron chi connectivity index (χ2n) is 10.0. The minimum absolute atomic E-state index is 0.273. The van der Waals surface area contributed by atoms with Gasteiger partial charge in [-0.05, 0) is 54.9 Å². The predicted molar refractivity (Wildman–Crippen MR) is 131 cm³/mol. The van der Waals surface area contributed by atoms with Gasteiger partial charge in [0.05, 0.1) is 18.0 Å². The fourth-order valence-corrected chi connectivity index (χ4v) is 5.77. The first-order valence-corrected chi connectivity index (χ1v) is 12.5. The summed E-state index contributed by atoms with van der Waals surface area (Å²) in [6.07, 6.45) is 11.6. The molecule has 2 aliphatic heterocycles. The van der Waals surface area contributed by atoms with E-state index in [1.807, 2.05) is 10.8 Å². The summed E-state index contributed by atoms with van der Waals surface area (Å²) >= 11 is 0. The van der Waals surface area contributed by atoms with Crippen LogP contribution >= 0.6 is 0 Å². The zero-order valence-electron chi connectivity index (χ0n) is 19.5. The number of nitrogens with zero attached hydrogens (tertiary/aromatic N) is 4. The van der Waals surface area contributed by atoms with Gasteiger partial charge in [-0.3, -0.25) is 4.90 Å². The molecule has 6 nitrogen and oxygen atoms in total. The van der Waals surface area contributed by atoms with E-state index in [0.29, 0.717) is 12.4 Å². The maximum absolute atomic E-state index is 10.9. The summed E-state index contributed by atoms with van der Waals surface area (Å²) in [7, 11) is 1.77. The van der Waals surface area contributed by atoms with Crippen molar-refractivity contribution in [2.24, 2.45) is 0 Å². The van der Waals surface area contributed by atoms with Crippen molar-refractivity contribution in [3.8, 4) is 5.88 Å². The highest BCUT2D eigenvalue weighted by atomic mass is 16.5. The Kier molecular flexibility index (Phi) is 5.51. The van der Waals surface area contributed by atoms with E-state index >= 15 is 0 Å². The van der Waals surface area contributed by atoms with Crippen LogP contribution < -0.4 is 4.90 Å². The summed E-state index contributed by atoms with van der Waals surface area (Å²) in [6.45, 7) is 4.86. The van der Waals surface area contributed by atoms with Gasteiger partial charge in [-0.2, -0.15) is 0 Å². The number of anilines is 1. The van der Waals surface area contributed by atoms with E-state index in [9.17, 15) is 5.11 Å². The summed E-state index contributed by atoms with van der Waals surface area (Å²) in [4.78, 5) is 9.60. The van der Waals surface area contributed by atoms with Gasteiger partial charge >= 0.3 is 0 Å². The molecule has 4 heterocycles. The third-order valence-corrected chi connectivity index (χ3v) is 8.08. The highest BCUT2D eigenvalue weighted by molar-refractivity contribution is 5.89. The van der Waals surface area contributed by atoms with Crippen LogP contribution in [0.3, 0.4) is 0 Å². The van der Waals surface area contributed by atoms with Gasteiger partial charge in [0.15, 0.2) is 0 Å². The fraction of sp³-hybridized carbons (Fsp3) is 0.519. The largest absolute Gasteiger partial charge is 0.494 e. The summed E-state index contributed by atoms with van der Waals surface area (Å²) in [5, 5.41) is 12.7. The van der Waals surface area contributed by atoms with Crippen LogP contribution in [0.1, 0.15) is 42.4 Å². The number of fused-ring (bicyclic) bond motifs is 2. The van der Waals surface area contributed by atoms with Crippen molar-refractivity contribution in [2.45, 2.75) is 57.2 Å². The van der Waals surface area contributed by atoms with Gasteiger partial charge in [-0.1, -0.05) is 24.6 Å². The molecule has 1 aliphatic carbocycles. The SMILES string of the molecule is CO[C@H]1CCN(c2cc3cn(Cc4ccc5c(c4)CCN(C4CCC4)CC5)c(O)c3cn2)C1. The molecule has 3 aromatic rings. The van der Waals surface area contributed by atoms with Crippen LogP contribution in [0.25, 0.3) is 10.8 Å². The van der Waals surface area contributed by atoms with E-state index < -0.39 is 0 Å². The van der Waals surface area contributed by atoms with Crippen LogP contribution in [0.4, 0.5) is 5.82 Å². The number of ether oxygens (including phenoxy) is 1. The molecule has 1 saturated carbocycles. The molecule has 1 atom stereocenters. The van der Waals surface area contributed by atoms with E-state index in [0.717, 1.165) is 55.0 Å². The molecule has 0 radical (unpaired) electrons. The first kappa shape index (κ1) is 21.0. The monoisotopic (exact) mass is 446 g/mol. The van der Waals surface area contributed by atoms with Crippen molar-refractivity contribution in [1.82, 2.24) is 14.5 Å². The Morgan fingerprint density at radius 2 is 1.91 bits per heavy atom. The zero-order valence-corrected chi connectivity index (χ0v) is 19.5. The fourth-order valence-electron chi connectivity index (χ4n) is 5.77. The first-order chi connectivity index (χ1) is 16.2. The molecule has 6 rings (SSSR count). The average molecular weight is 447 g/mol. The highest BCUT2D eigenvalue weighted by Crippen LogP contribution is 2.32. The Morgan fingerprint density at radius 1 is 1.06 bits per heavy atom. The molecular formula is C27H34N4O2. The minimum Gasteiger partial charge on any atom is -0.494 e. The molecule has 1 aromatic carbocycles. The summed E-state index contributed by atoms with van der Waals surface area (Å²) < 4.78 is 7.45. The molecule has 1 N–H and O–H groups in total. The van der Waals surface area contributed by atoms with Crippen LogP contribution in [0.2, 0.25) is 0 Å². The van der Waals surface area contributed by atoms with Gasteiger partial charge in [0.25, 0.3) is 0 Å². The lowest BCUT2D eigenvalue weighted by Gasteiger charge is -2.36. The molecule has 0 unspecified atom stereocenters. The summed E-state index contributed by atoms with van der Waals surface area (Å²) in [5.74, 6) is 1.26. The van der Waals surface area contributed by atoms with Crippen LogP contribution in [-0.2, 0) is 24.1 Å². The summed E-state index contributed by atoms with van der Waals surface area (Å²) in [6, 6.07) is 9.83. The molecule has 3 aliphatic rings. The number of hydrogen-bond acceptors (Lipinski definition) is 5. The quantitative estimate of drug-likeness (QED) is 0.643. The van der Waals surface area contributed by atoms with Crippen molar-refractivity contribution in [1.29, 1.82) is 0 Å². The minimum atomic E-state index is 0.273. The molecule has 1 saturated heterocycles. The van der Waals surface area contributed by atoms with Crippen molar-refractivity contribution in [2.75, 3.05) is 38.2 Å². The summed E-state index contributed by atoms with van der Waals surface area (Å²) in [5.41, 5.74) is 4.23. The van der Waals surface area contributed by atoms with Crippen LogP contribution in [0, 0.1) is 0 Å². The van der Waals surface area contributed by atoms with Crippen molar-refractivity contribution in [3.05, 3.63) is 53.3 Å². The molecule has 2 aromatic heterocycles. The first-order valence-electron chi connectivity index (χ1n) is 12.5. The lowest BCUT2D eigenvalue weighted by molar-refractivity contribution is 0.121. The number of aromatic nitrogens is 2. The number of benzene rings is 1. The van der Waals surface area contributed by atoms with Crippen molar-refractivity contribution >= 4 is 16.6 Å². The van der Waals surface area contributed by atoms with E-state index in [1.165, 1.54) is 49.0 Å². The number of hydrogen-bond donors (Lipinski definition) is 1. The second-order valence-corrected chi connectivity index (χ2v) is 10.0. The molecule has 174 valence electrons. The van der Waals surface area contributed by atoms with Gasteiger partial charge in [-0.15, -0.1) is 0 Å². The Morgan fingerprint density at radius 3 is 2.67 bits per heavy atom. The normalized spacial score (nSPS) is 21.8. The van der Waals surface area contributed by atoms with Gasteiger partial charge in [0.1, 0.15) is 5.82 Å². The number of aromatic hydroxyl groups is 1. The standard InChI is InChI=1S/C27H34N4O2/c1-33-24-9-12-30(18-24)26-14-22-17-31(27(32)25(22)15-28-26)16-19-5-6-20-7-10-29(23-3-2-4-23)11-8-21(20)13-19/h5-6,13-15,17,23-24,32H,2-4,7-12,16,18H2,1H3/t24-/m0/s1. The molecule has 0 amide bonds. The Balaban J connectivity index is 1.20. The Hall–Kier alpha value is -2.57. The number of pyridine rings is 1. The van der Waals surface area contributed by atoms with Crippen LogP contribution in [0.15, 0.2) is 36.7 Å². The predicted octanol–water partition coefficient (Wildman–Crippen LogP) is 3.97. The molecule has 0 bridgehead atoms. The molecule has 33 heavy (non-hydrogen) atoms. The number of rotatable bonds is 5. The Bertz CT molecular complexity index is 1150. The molecular weight excluding hydrogens is 412 g/mol. The van der Waals surface area contributed by atoms with Crippen LogP contribution in [-0.4, -0.2) is 65.0 Å². The third-order valence-electron chi connectivity index (χ3n) is 8.08. The molecule has 0 spiro atoms.